The summed E-state index contributed by atoms with van der Waals surface area (Å²) in [5, 5.41) is 1.24. The van der Waals surface area contributed by atoms with Crippen molar-refractivity contribution in [2.45, 2.75) is 38.5 Å². The van der Waals surface area contributed by atoms with Crippen molar-refractivity contribution in [3.63, 3.8) is 0 Å². The Bertz CT molecular complexity index is 117. The number of rotatable bonds is 1. The van der Waals surface area contributed by atoms with Gasteiger partial charge in [0.25, 0.3) is 0 Å². The van der Waals surface area contributed by atoms with Gasteiger partial charge in [-0.05, 0) is 37.0 Å². The van der Waals surface area contributed by atoms with Crippen LogP contribution in [0, 0.1) is 11.3 Å². The van der Waals surface area contributed by atoms with E-state index in [1.54, 1.807) is 0 Å². The first-order chi connectivity index (χ1) is 4.85. The van der Waals surface area contributed by atoms with Crippen molar-refractivity contribution in [1.82, 2.24) is 0 Å². The lowest BCUT2D eigenvalue weighted by atomic mass is 9.62. The molecule has 0 amide bonds. The van der Waals surface area contributed by atoms with Crippen LogP contribution in [-0.4, -0.2) is 5.33 Å². The Morgan fingerprint density at radius 2 is 1.80 bits per heavy atom. The second kappa shape index (κ2) is 2.51. The fourth-order valence-corrected chi connectivity index (χ4v) is 3.27. The van der Waals surface area contributed by atoms with Gasteiger partial charge in [0.1, 0.15) is 0 Å². The minimum absolute atomic E-state index is 0.860. The second-order valence-corrected chi connectivity index (χ2v) is 4.78. The molecular formula is C9H15Br. The van der Waals surface area contributed by atoms with Crippen molar-refractivity contribution in [1.29, 1.82) is 0 Å². The molecule has 0 aliphatic heterocycles. The lowest BCUT2D eigenvalue weighted by Gasteiger charge is -2.45. The first-order valence-corrected chi connectivity index (χ1v) is 5.53. The molecule has 2 fully saturated rings. The summed E-state index contributed by atoms with van der Waals surface area (Å²) in [4.78, 5) is 0. The average molecular weight is 203 g/mol. The van der Waals surface area contributed by atoms with Crippen LogP contribution in [0.25, 0.3) is 0 Å². The normalized spacial score (nSPS) is 30.9. The van der Waals surface area contributed by atoms with Gasteiger partial charge in [0.15, 0.2) is 0 Å². The van der Waals surface area contributed by atoms with Crippen molar-refractivity contribution in [3.8, 4) is 0 Å². The van der Waals surface area contributed by atoms with Crippen LogP contribution in [0.15, 0.2) is 0 Å². The summed E-state index contributed by atoms with van der Waals surface area (Å²) in [6, 6.07) is 0. The maximum Gasteiger partial charge on any atom is 0.00600 e. The van der Waals surface area contributed by atoms with Gasteiger partial charge in [0, 0.05) is 5.33 Å². The summed E-state index contributed by atoms with van der Waals surface area (Å²) in [5.41, 5.74) is 0.860. The number of hydrogen-bond acceptors (Lipinski definition) is 0. The third-order valence-electron chi connectivity index (χ3n) is 3.33. The zero-order valence-corrected chi connectivity index (χ0v) is 7.99. The average Bonchev–Trinajstić information content (AvgIpc) is 2.30. The summed E-state index contributed by atoms with van der Waals surface area (Å²) in [7, 11) is 0. The molecule has 0 atom stereocenters. The highest BCUT2D eigenvalue weighted by atomic mass is 79.9. The molecule has 0 aromatic rings. The first-order valence-electron chi connectivity index (χ1n) is 4.41. The molecule has 2 rings (SSSR count). The Hall–Kier alpha value is 0.480. The molecule has 0 unspecified atom stereocenters. The highest BCUT2D eigenvalue weighted by Crippen LogP contribution is 2.56. The fraction of sp³-hybridized carbons (Fsp3) is 1.00. The van der Waals surface area contributed by atoms with E-state index < -0.39 is 0 Å². The van der Waals surface area contributed by atoms with Crippen LogP contribution in [0.2, 0.25) is 0 Å². The van der Waals surface area contributed by atoms with Crippen molar-refractivity contribution in [3.05, 3.63) is 0 Å². The molecule has 0 aromatic heterocycles. The number of alkyl halides is 1. The number of halogens is 1. The Morgan fingerprint density at radius 1 is 1.20 bits per heavy atom. The van der Waals surface area contributed by atoms with Gasteiger partial charge in [0.05, 0.1) is 0 Å². The monoisotopic (exact) mass is 202 g/mol. The van der Waals surface area contributed by atoms with Gasteiger partial charge < -0.3 is 0 Å². The molecule has 0 bridgehead atoms. The van der Waals surface area contributed by atoms with E-state index in [2.05, 4.69) is 15.9 Å². The van der Waals surface area contributed by atoms with Gasteiger partial charge in [-0.15, -0.1) is 0 Å². The van der Waals surface area contributed by atoms with E-state index >= 15 is 0 Å². The predicted octanol–water partition coefficient (Wildman–Crippen LogP) is 3.35. The Kier molecular flexibility index (Phi) is 1.79. The molecule has 2 aliphatic carbocycles. The van der Waals surface area contributed by atoms with E-state index in [1.807, 2.05) is 0 Å². The molecule has 0 nitrogen and oxygen atoms in total. The van der Waals surface area contributed by atoms with Crippen LogP contribution in [0.4, 0.5) is 0 Å². The third kappa shape index (κ3) is 1.03. The quantitative estimate of drug-likeness (QED) is 0.573. The van der Waals surface area contributed by atoms with E-state index in [1.165, 1.54) is 43.9 Å². The lowest BCUT2D eigenvalue weighted by molar-refractivity contribution is 0.0782. The van der Waals surface area contributed by atoms with Crippen LogP contribution < -0.4 is 0 Å². The zero-order valence-electron chi connectivity index (χ0n) is 6.41. The van der Waals surface area contributed by atoms with Gasteiger partial charge in [-0.2, -0.15) is 0 Å². The topological polar surface area (TPSA) is 0 Å². The maximum atomic E-state index is 3.56. The molecule has 0 N–H and O–H groups in total. The molecule has 0 aromatic carbocycles. The van der Waals surface area contributed by atoms with Crippen molar-refractivity contribution in [2.75, 3.05) is 5.33 Å². The molecule has 2 aliphatic rings. The summed E-state index contributed by atoms with van der Waals surface area (Å²) in [6.45, 7) is 0. The van der Waals surface area contributed by atoms with Crippen molar-refractivity contribution in [2.24, 2.45) is 11.3 Å². The SMILES string of the molecule is BrCC1CC2(CCCC2)C1. The smallest absolute Gasteiger partial charge is 0.00600 e. The largest absolute Gasteiger partial charge is 0.0925 e. The van der Waals surface area contributed by atoms with Crippen LogP contribution in [0.5, 0.6) is 0 Å². The predicted molar refractivity (Wildman–Crippen MR) is 47.4 cm³/mol. The standard InChI is InChI=1S/C9H15Br/c10-7-8-5-9(6-8)3-1-2-4-9/h8H,1-7H2. The number of hydrogen-bond donors (Lipinski definition) is 0. The van der Waals surface area contributed by atoms with Crippen LogP contribution in [0.3, 0.4) is 0 Å². The zero-order chi connectivity index (χ0) is 7.03. The molecule has 0 heterocycles. The van der Waals surface area contributed by atoms with Gasteiger partial charge in [-0.3, -0.25) is 0 Å². The van der Waals surface area contributed by atoms with Gasteiger partial charge >= 0.3 is 0 Å². The van der Waals surface area contributed by atoms with Crippen molar-refractivity contribution >= 4 is 15.9 Å². The van der Waals surface area contributed by atoms with Crippen LogP contribution in [0.1, 0.15) is 38.5 Å². The lowest BCUT2D eigenvalue weighted by Crippen LogP contribution is -2.35. The minimum Gasteiger partial charge on any atom is -0.0925 e. The second-order valence-electron chi connectivity index (χ2n) is 4.14. The molecule has 0 radical (unpaired) electrons. The van der Waals surface area contributed by atoms with E-state index in [-0.39, 0.29) is 0 Å². The molecule has 58 valence electrons. The van der Waals surface area contributed by atoms with Gasteiger partial charge in [-0.25, -0.2) is 0 Å². The fourth-order valence-electron chi connectivity index (χ4n) is 2.81. The van der Waals surface area contributed by atoms with E-state index in [0.717, 1.165) is 11.3 Å². The molecule has 10 heavy (non-hydrogen) atoms. The van der Waals surface area contributed by atoms with Crippen molar-refractivity contribution < 1.29 is 0 Å². The summed E-state index contributed by atoms with van der Waals surface area (Å²) >= 11 is 3.56. The third-order valence-corrected chi connectivity index (χ3v) is 4.24. The molecular weight excluding hydrogens is 188 g/mol. The Morgan fingerprint density at radius 3 is 2.30 bits per heavy atom. The highest BCUT2D eigenvalue weighted by Gasteiger charge is 2.44. The summed E-state index contributed by atoms with van der Waals surface area (Å²) in [5.74, 6) is 1.03. The first kappa shape index (κ1) is 7.15. The van der Waals surface area contributed by atoms with Gasteiger partial charge in [-0.1, -0.05) is 28.8 Å². The molecule has 0 saturated heterocycles. The minimum atomic E-state index is 0.860. The summed E-state index contributed by atoms with van der Waals surface area (Å²) in [6.07, 6.45) is 9.15. The maximum absolute atomic E-state index is 3.56. The van der Waals surface area contributed by atoms with E-state index in [0.29, 0.717) is 0 Å². The Labute approximate surface area is 71.5 Å². The molecule has 1 heteroatoms. The highest BCUT2D eigenvalue weighted by molar-refractivity contribution is 9.09. The Balaban J connectivity index is 1.86. The van der Waals surface area contributed by atoms with Crippen LogP contribution >= 0.6 is 15.9 Å². The molecule has 2 saturated carbocycles. The van der Waals surface area contributed by atoms with Gasteiger partial charge in [0.2, 0.25) is 0 Å². The summed E-state index contributed by atoms with van der Waals surface area (Å²) < 4.78 is 0. The van der Waals surface area contributed by atoms with E-state index in [4.69, 9.17) is 0 Å². The van der Waals surface area contributed by atoms with Crippen LogP contribution in [-0.2, 0) is 0 Å². The molecule has 1 spiro atoms. The van der Waals surface area contributed by atoms with E-state index in [9.17, 15) is 0 Å².